The molecule has 0 N–H and O–H groups in total. The summed E-state index contributed by atoms with van der Waals surface area (Å²) in [5.74, 6) is 1.56. The molecule has 2 fully saturated rings. The van der Waals surface area contributed by atoms with Crippen LogP contribution in [0.3, 0.4) is 0 Å². The first kappa shape index (κ1) is 22.9. The first-order valence-electron chi connectivity index (χ1n) is 13.0. The lowest BCUT2D eigenvalue weighted by atomic mass is 9.96. The van der Waals surface area contributed by atoms with Gasteiger partial charge in [0.05, 0.1) is 23.5 Å². The number of piperidine rings is 1. The van der Waals surface area contributed by atoms with Gasteiger partial charge >= 0.3 is 0 Å². The first-order chi connectivity index (χ1) is 16.7. The summed E-state index contributed by atoms with van der Waals surface area (Å²) in [5, 5.41) is 0. The number of carbonyl (C=O) groups excluding carboxylic acids is 1. The highest BCUT2D eigenvalue weighted by molar-refractivity contribution is 5.79. The Morgan fingerprint density at radius 2 is 1.74 bits per heavy atom. The van der Waals surface area contributed by atoms with Crippen LogP contribution < -0.4 is 4.90 Å². The van der Waals surface area contributed by atoms with Crippen molar-refractivity contribution < 1.29 is 4.79 Å². The molecular weight excluding hydrogens is 422 g/mol. The Kier molecular flexibility index (Phi) is 6.86. The molecule has 2 aliphatic rings. The van der Waals surface area contributed by atoms with Gasteiger partial charge in [0.2, 0.25) is 5.91 Å². The van der Waals surface area contributed by atoms with Crippen LogP contribution in [0.15, 0.2) is 48.5 Å². The number of piperazine rings is 1. The van der Waals surface area contributed by atoms with Gasteiger partial charge in [0.1, 0.15) is 5.82 Å². The predicted molar refractivity (Wildman–Crippen MR) is 138 cm³/mol. The van der Waals surface area contributed by atoms with Crippen LogP contribution in [-0.4, -0.2) is 64.5 Å². The van der Waals surface area contributed by atoms with Crippen molar-refractivity contribution >= 4 is 22.6 Å². The minimum atomic E-state index is 0.0997. The van der Waals surface area contributed by atoms with Gasteiger partial charge < -0.3 is 14.4 Å². The van der Waals surface area contributed by atoms with Gasteiger partial charge in [-0.25, -0.2) is 4.98 Å². The number of para-hydroxylation sites is 3. The maximum atomic E-state index is 13.4. The number of rotatable bonds is 6. The Hall–Kier alpha value is -2.86. The van der Waals surface area contributed by atoms with E-state index in [2.05, 4.69) is 81.6 Å². The maximum absolute atomic E-state index is 13.4. The monoisotopic (exact) mass is 459 g/mol. The van der Waals surface area contributed by atoms with Gasteiger partial charge in [-0.3, -0.25) is 9.69 Å². The number of likely N-dealkylation sites (tertiary alicyclic amines) is 1. The van der Waals surface area contributed by atoms with Gasteiger partial charge in [-0.15, -0.1) is 0 Å². The van der Waals surface area contributed by atoms with Crippen LogP contribution in [-0.2, 0) is 24.3 Å². The molecule has 34 heavy (non-hydrogen) atoms. The summed E-state index contributed by atoms with van der Waals surface area (Å²) in [4.78, 5) is 25.3. The highest BCUT2D eigenvalue weighted by Crippen LogP contribution is 2.25. The first-order valence-corrected chi connectivity index (χ1v) is 13.0. The van der Waals surface area contributed by atoms with Crippen LogP contribution in [0.1, 0.15) is 38.1 Å². The summed E-state index contributed by atoms with van der Waals surface area (Å²) in [6.07, 6.45) is 3.12. The fourth-order valence-electron chi connectivity index (χ4n) is 5.74. The van der Waals surface area contributed by atoms with E-state index in [1.807, 2.05) is 0 Å². The van der Waals surface area contributed by atoms with E-state index >= 15 is 0 Å². The second-order valence-electron chi connectivity index (χ2n) is 9.63. The zero-order valence-electron chi connectivity index (χ0n) is 20.6. The zero-order valence-corrected chi connectivity index (χ0v) is 20.6. The number of hydrogen-bond donors (Lipinski definition) is 0. The van der Waals surface area contributed by atoms with Crippen molar-refractivity contribution in [2.45, 2.75) is 46.2 Å². The third kappa shape index (κ3) is 4.56. The van der Waals surface area contributed by atoms with Crippen molar-refractivity contribution in [3.63, 3.8) is 0 Å². The van der Waals surface area contributed by atoms with E-state index in [0.29, 0.717) is 5.91 Å². The van der Waals surface area contributed by atoms with Gasteiger partial charge in [0.15, 0.2) is 0 Å². The third-order valence-corrected chi connectivity index (χ3v) is 7.57. The normalized spacial score (nSPS) is 19.6. The molecule has 2 aromatic carbocycles. The lowest BCUT2D eigenvalue weighted by Gasteiger charge is -2.40. The topological polar surface area (TPSA) is 44.6 Å². The molecule has 0 unspecified atom stereocenters. The number of nitrogens with zero attached hydrogens (tertiary/aromatic N) is 5. The Labute approximate surface area is 203 Å². The highest BCUT2D eigenvalue weighted by atomic mass is 16.2. The maximum Gasteiger partial charge on any atom is 0.227 e. The molecular formula is C28H37N5O. The lowest BCUT2D eigenvalue weighted by Crippen LogP contribution is -2.52. The number of imidazole rings is 1. The molecule has 2 aliphatic heterocycles. The van der Waals surface area contributed by atoms with Gasteiger partial charge in [0, 0.05) is 45.0 Å². The quantitative estimate of drug-likeness (QED) is 0.555. The van der Waals surface area contributed by atoms with E-state index < -0.39 is 0 Å². The molecule has 2 saturated heterocycles. The number of aromatic nitrogens is 2. The number of anilines is 1. The van der Waals surface area contributed by atoms with Crippen LogP contribution in [0.5, 0.6) is 0 Å². The number of carbonyl (C=O) groups is 1. The molecule has 1 atom stereocenters. The average Bonchev–Trinajstić information content (AvgIpc) is 3.25. The van der Waals surface area contributed by atoms with Crippen molar-refractivity contribution in [2.24, 2.45) is 5.92 Å². The minimum absolute atomic E-state index is 0.0997. The number of benzene rings is 2. The summed E-state index contributed by atoms with van der Waals surface area (Å²) < 4.78 is 2.31. The summed E-state index contributed by atoms with van der Waals surface area (Å²) in [7, 11) is 0. The van der Waals surface area contributed by atoms with E-state index in [-0.39, 0.29) is 5.92 Å². The molecule has 6 nitrogen and oxygen atoms in total. The number of amides is 1. The molecule has 0 radical (unpaired) electrons. The predicted octanol–water partition coefficient (Wildman–Crippen LogP) is 4.18. The zero-order chi connectivity index (χ0) is 23.5. The summed E-state index contributed by atoms with van der Waals surface area (Å²) in [6, 6.07) is 17.0. The SMILES string of the molecule is CCc1ccccc1N1CCN(C(=O)[C@H]2CCCN(Cc3nc4ccccc4n3CC)C2)CC1. The van der Waals surface area contributed by atoms with Crippen molar-refractivity contribution in [2.75, 3.05) is 44.2 Å². The number of fused-ring (bicyclic) bond motifs is 1. The van der Waals surface area contributed by atoms with Crippen LogP contribution in [0.25, 0.3) is 11.0 Å². The summed E-state index contributed by atoms with van der Waals surface area (Å²) >= 11 is 0. The van der Waals surface area contributed by atoms with Crippen molar-refractivity contribution in [3.05, 3.63) is 59.9 Å². The second kappa shape index (κ2) is 10.2. The Balaban J connectivity index is 1.20. The van der Waals surface area contributed by atoms with E-state index in [1.165, 1.54) is 16.8 Å². The molecule has 180 valence electrons. The third-order valence-electron chi connectivity index (χ3n) is 7.57. The van der Waals surface area contributed by atoms with Crippen LogP contribution in [0.2, 0.25) is 0 Å². The standard InChI is InChI=1S/C28H37N5O/c1-3-22-10-5-7-13-25(22)31-16-18-32(19-17-31)28(34)23-11-9-15-30(20-23)21-27-29-24-12-6-8-14-26(24)33(27)4-2/h5-8,10,12-14,23H,3-4,9,11,15-21H2,1-2H3/t23-/m0/s1. The fourth-order valence-corrected chi connectivity index (χ4v) is 5.74. The van der Waals surface area contributed by atoms with E-state index in [0.717, 1.165) is 83.0 Å². The molecule has 0 aliphatic carbocycles. The Bertz CT molecular complexity index is 1130. The molecule has 3 aromatic rings. The minimum Gasteiger partial charge on any atom is -0.368 e. The molecule has 0 bridgehead atoms. The molecule has 1 aromatic heterocycles. The van der Waals surface area contributed by atoms with Gasteiger partial charge in [0.25, 0.3) is 0 Å². The van der Waals surface area contributed by atoms with E-state index in [4.69, 9.17) is 4.98 Å². The van der Waals surface area contributed by atoms with Crippen LogP contribution in [0.4, 0.5) is 5.69 Å². The lowest BCUT2D eigenvalue weighted by molar-refractivity contribution is -0.137. The van der Waals surface area contributed by atoms with Crippen molar-refractivity contribution in [3.8, 4) is 0 Å². The Morgan fingerprint density at radius 3 is 2.53 bits per heavy atom. The van der Waals surface area contributed by atoms with Gasteiger partial charge in [-0.05, 0) is 56.5 Å². The van der Waals surface area contributed by atoms with E-state index in [1.54, 1.807) is 0 Å². The number of hydrogen-bond acceptors (Lipinski definition) is 4. The molecule has 3 heterocycles. The molecule has 6 heteroatoms. The molecule has 5 rings (SSSR count). The molecule has 0 spiro atoms. The molecule has 1 amide bonds. The largest absolute Gasteiger partial charge is 0.368 e. The smallest absolute Gasteiger partial charge is 0.227 e. The highest BCUT2D eigenvalue weighted by Gasteiger charge is 2.31. The van der Waals surface area contributed by atoms with Crippen molar-refractivity contribution in [1.29, 1.82) is 0 Å². The molecule has 0 saturated carbocycles. The Morgan fingerprint density at radius 1 is 0.971 bits per heavy atom. The average molecular weight is 460 g/mol. The summed E-state index contributed by atoms with van der Waals surface area (Å²) in [5.41, 5.74) is 4.99. The van der Waals surface area contributed by atoms with Gasteiger partial charge in [-0.2, -0.15) is 0 Å². The van der Waals surface area contributed by atoms with Gasteiger partial charge in [-0.1, -0.05) is 37.3 Å². The van der Waals surface area contributed by atoms with Crippen LogP contribution in [0, 0.1) is 5.92 Å². The number of aryl methyl sites for hydroxylation is 2. The van der Waals surface area contributed by atoms with Crippen LogP contribution >= 0.6 is 0 Å². The van der Waals surface area contributed by atoms with E-state index in [9.17, 15) is 4.79 Å². The second-order valence-corrected chi connectivity index (χ2v) is 9.63. The summed E-state index contributed by atoms with van der Waals surface area (Å²) in [6.45, 7) is 11.5. The van der Waals surface area contributed by atoms with Crippen molar-refractivity contribution in [1.82, 2.24) is 19.4 Å². The fraction of sp³-hybridized carbons (Fsp3) is 0.500.